The van der Waals surface area contributed by atoms with E-state index in [1.807, 2.05) is 55.5 Å². The van der Waals surface area contributed by atoms with E-state index in [0.29, 0.717) is 23.3 Å². The fourth-order valence-corrected chi connectivity index (χ4v) is 3.57. The van der Waals surface area contributed by atoms with Crippen LogP contribution in [0.5, 0.6) is 0 Å². The monoisotopic (exact) mass is 390 g/mol. The van der Waals surface area contributed by atoms with Gasteiger partial charge < -0.3 is 5.73 Å². The molecule has 0 aliphatic carbocycles. The van der Waals surface area contributed by atoms with Crippen LogP contribution in [0.3, 0.4) is 0 Å². The summed E-state index contributed by atoms with van der Waals surface area (Å²) in [4.78, 5) is 13.1. The Hall–Kier alpha value is -4.19. The van der Waals surface area contributed by atoms with Crippen molar-refractivity contribution in [3.63, 3.8) is 0 Å². The van der Waals surface area contributed by atoms with Crippen molar-refractivity contribution in [1.82, 2.24) is 4.57 Å². The van der Waals surface area contributed by atoms with Gasteiger partial charge in [-0.25, -0.2) is 0 Å². The van der Waals surface area contributed by atoms with Crippen molar-refractivity contribution in [2.24, 2.45) is 5.73 Å². The topological polar surface area (TPSA) is 95.6 Å². The summed E-state index contributed by atoms with van der Waals surface area (Å²) in [7, 11) is 0. The number of benzene rings is 3. The molecule has 0 saturated carbocycles. The maximum absolute atomic E-state index is 13.1. The van der Waals surface area contributed by atoms with E-state index in [-0.39, 0.29) is 5.56 Å². The lowest BCUT2D eigenvalue weighted by molar-refractivity contribution is 1.03. The molecule has 144 valence electrons. The first-order valence-electron chi connectivity index (χ1n) is 9.46. The zero-order valence-corrected chi connectivity index (χ0v) is 16.4. The first-order valence-corrected chi connectivity index (χ1v) is 9.46. The number of rotatable bonds is 3. The second kappa shape index (κ2) is 7.67. The van der Waals surface area contributed by atoms with Crippen LogP contribution in [0.4, 0.5) is 0 Å². The van der Waals surface area contributed by atoms with Gasteiger partial charge >= 0.3 is 0 Å². The molecule has 0 spiro atoms. The second-order valence-electron chi connectivity index (χ2n) is 7.10. The quantitative estimate of drug-likeness (QED) is 0.568. The third-order valence-electron chi connectivity index (χ3n) is 5.22. The molecule has 4 aromatic rings. The molecule has 0 unspecified atom stereocenters. The minimum atomic E-state index is -0.411. The average Bonchev–Trinajstić information content (AvgIpc) is 2.79. The zero-order chi connectivity index (χ0) is 21.3. The van der Waals surface area contributed by atoms with Gasteiger partial charge in [-0.1, -0.05) is 36.4 Å². The highest BCUT2D eigenvalue weighted by Crippen LogP contribution is 2.27. The van der Waals surface area contributed by atoms with Crippen LogP contribution in [0, 0.1) is 29.6 Å². The van der Waals surface area contributed by atoms with Crippen molar-refractivity contribution in [2.75, 3.05) is 0 Å². The number of nitriles is 2. The van der Waals surface area contributed by atoms with Crippen LogP contribution in [0.25, 0.3) is 27.7 Å². The van der Waals surface area contributed by atoms with Crippen molar-refractivity contribution in [1.29, 1.82) is 10.5 Å². The average molecular weight is 390 g/mol. The molecule has 2 N–H and O–H groups in total. The van der Waals surface area contributed by atoms with Gasteiger partial charge in [-0.05, 0) is 59.5 Å². The second-order valence-corrected chi connectivity index (χ2v) is 7.10. The number of fused-ring (bicyclic) bond motifs is 1. The van der Waals surface area contributed by atoms with E-state index in [0.717, 1.165) is 27.6 Å². The van der Waals surface area contributed by atoms with Gasteiger partial charge in [0.2, 0.25) is 0 Å². The predicted molar refractivity (Wildman–Crippen MR) is 117 cm³/mol. The van der Waals surface area contributed by atoms with E-state index in [4.69, 9.17) is 5.73 Å². The number of nitrogens with two attached hydrogens (primary N) is 1. The molecule has 0 aliphatic heterocycles. The van der Waals surface area contributed by atoms with Gasteiger partial charge in [-0.2, -0.15) is 10.5 Å². The van der Waals surface area contributed by atoms with E-state index in [9.17, 15) is 15.3 Å². The predicted octanol–water partition coefficient (Wildman–Crippen LogP) is 4.17. The van der Waals surface area contributed by atoms with E-state index >= 15 is 0 Å². The number of aryl methyl sites for hydroxylation is 1. The Balaban J connectivity index is 2.04. The van der Waals surface area contributed by atoms with Gasteiger partial charge in [0.1, 0.15) is 11.6 Å². The molecule has 0 bridgehead atoms. The molecule has 1 heterocycles. The molecule has 0 atom stereocenters. The van der Waals surface area contributed by atoms with E-state index in [1.165, 1.54) is 4.57 Å². The summed E-state index contributed by atoms with van der Waals surface area (Å²) in [6, 6.07) is 24.7. The summed E-state index contributed by atoms with van der Waals surface area (Å²) in [5.74, 6) is 0. The van der Waals surface area contributed by atoms with Crippen LogP contribution in [-0.4, -0.2) is 4.57 Å². The van der Waals surface area contributed by atoms with Crippen LogP contribution in [0.2, 0.25) is 0 Å². The standard InChI is InChI=1S/C25H18N4O/c1-16-5-8-23(11-21(16)14-27)29-24-12-19(18-4-2-3-17(9-18)13-26)6-7-20(24)10-22(15-28)25(29)30/h2-12H,13,26H2,1H3. The summed E-state index contributed by atoms with van der Waals surface area (Å²) in [5, 5.41) is 19.6. The van der Waals surface area contributed by atoms with Crippen LogP contribution in [0.1, 0.15) is 22.3 Å². The Labute approximate surface area is 173 Å². The third kappa shape index (κ3) is 3.24. The molecule has 0 amide bonds. The van der Waals surface area contributed by atoms with Crippen LogP contribution < -0.4 is 11.3 Å². The zero-order valence-electron chi connectivity index (χ0n) is 16.4. The van der Waals surface area contributed by atoms with Gasteiger partial charge in [-0.15, -0.1) is 0 Å². The first kappa shape index (κ1) is 19.1. The minimum absolute atomic E-state index is 0.0551. The van der Waals surface area contributed by atoms with Crippen LogP contribution in [0.15, 0.2) is 71.5 Å². The van der Waals surface area contributed by atoms with Gasteiger partial charge in [0.05, 0.1) is 22.8 Å². The van der Waals surface area contributed by atoms with E-state index < -0.39 is 5.56 Å². The van der Waals surface area contributed by atoms with Crippen molar-refractivity contribution >= 4 is 10.9 Å². The fourth-order valence-electron chi connectivity index (χ4n) is 3.57. The third-order valence-corrected chi connectivity index (χ3v) is 5.22. The van der Waals surface area contributed by atoms with E-state index in [1.54, 1.807) is 24.3 Å². The lowest BCUT2D eigenvalue weighted by Crippen LogP contribution is -2.21. The van der Waals surface area contributed by atoms with Crippen molar-refractivity contribution in [3.8, 4) is 29.0 Å². The molecule has 3 aromatic carbocycles. The molecule has 0 aliphatic rings. The lowest BCUT2D eigenvalue weighted by atomic mass is 10.0. The number of pyridine rings is 1. The highest BCUT2D eigenvalue weighted by molar-refractivity contribution is 5.87. The molecule has 1 aromatic heterocycles. The minimum Gasteiger partial charge on any atom is -0.326 e. The Kier molecular flexibility index (Phi) is 4.90. The summed E-state index contributed by atoms with van der Waals surface area (Å²) in [6.45, 7) is 2.29. The molecule has 4 rings (SSSR count). The van der Waals surface area contributed by atoms with Crippen LogP contribution in [-0.2, 0) is 6.54 Å². The van der Waals surface area contributed by atoms with E-state index in [2.05, 4.69) is 6.07 Å². The summed E-state index contributed by atoms with van der Waals surface area (Å²) in [5.41, 5.74) is 10.9. The Morgan fingerprint density at radius 2 is 1.67 bits per heavy atom. The lowest BCUT2D eigenvalue weighted by Gasteiger charge is -2.14. The summed E-state index contributed by atoms with van der Waals surface area (Å²) in [6.07, 6.45) is 0. The molecule has 5 nitrogen and oxygen atoms in total. The maximum atomic E-state index is 13.1. The SMILES string of the molecule is Cc1ccc(-n2c(=O)c(C#N)cc3ccc(-c4cccc(CN)c4)cc32)cc1C#N. The molecular weight excluding hydrogens is 372 g/mol. The van der Waals surface area contributed by atoms with Crippen molar-refractivity contribution in [2.45, 2.75) is 13.5 Å². The van der Waals surface area contributed by atoms with Crippen molar-refractivity contribution in [3.05, 3.63) is 99.3 Å². The molecule has 0 fully saturated rings. The van der Waals surface area contributed by atoms with Gasteiger partial charge in [-0.3, -0.25) is 9.36 Å². The van der Waals surface area contributed by atoms with Gasteiger partial charge in [0, 0.05) is 11.9 Å². The number of nitrogens with zero attached hydrogens (tertiary/aromatic N) is 3. The largest absolute Gasteiger partial charge is 0.326 e. The smallest absolute Gasteiger partial charge is 0.273 e. The van der Waals surface area contributed by atoms with Gasteiger partial charge in [0.25, 0.3) is 5.56 Å². The van der Waals surface area contributed by atoms with Gasteiger partial charge in [0.15, 0.2) is 0 Å². The highest BCUT2D eigenvalue weighted by Gasteiger charge is 2.13. The fraction of sp³-hybridized carbons (Fsp3) is 0.0800. The Morgan fingerprint density at radius 3 is 2.40 bits per heavy atom. The molecule has 5 heteroatoms. The number of hydrogen-bond acceptors (Lipinski definition) is 4. The van der Waals surface area contributed by atoms with Crippen LogP contribution >= 0.6 is 0 Å². The molecular formula is C25H18N4O. The molecule has 30 heavy (non-hydrogen) atoms. The first-order chi connectivity index (χ1) is 14.5. The molecule has 0 radical (unpaired) electrons. The maximum Gasteiger partial charge on any atom is 0.273 e. The summed E-state index contributed by atoms with van der Waals surface area (Å²) < 4.78 is 1.50. The van der Waals surface area contributed by atoms with Crippen molar-refractivity contribution < 1.29 is 0 Å². The summed E-state index contributed by atoms with van der Waals surface area (Å²) >= 11 is 0. The number of aromatic nitrogens is 1. The Morgan fingerprint density at radius 1 is 0.900 bits per heavy atom. The number of hydrogen-bond donors (Lipinski definition) is 1. The Bertz CT molecular complexity index is 1430. The highest BCUT2D eigenvalue weighted by atomic mass is 16.1. The molecule has 0 saturated heterocycles. The normalized spacial score (nSPS) is 10.5.